The summed E-state index contributed by atoms with van der Waals surface area (Å²) in [6.45, 7) is 2.85. The van der Waals surface area contributed by atoms with Crippen LogP contribution in [0.4, 0.5) is 0 Å². The molecule has 0 bridgehead atoms. The summed E-state index contributed by atoms with van der Waals surface area (Å²) in [6.07, 6.45) is 1.76. The molecule has 0 aliphatic carbocycles. The summed E-state index contributed by atoms with van der Waals surface area (Å²) in [4.78, 5) is 4.15. The predicted octanol–water partition coefficient (Wildman–Crippen LogP) is 2.85. The third-order valence-electron chi connectivity index (χ3n) is 2.32. The Balaban J connectivity index is 2.00. The fourth-order valence-electron chi connectivity index (χ4n) is 1.50. The zero-order valence-corrected chi connectivity index (χ0v) is 10.5. The predicted molar refractivity (Wildman–Crippen MR) is 68.8 cm³/mol. The first-order valence-electron chi connectivity index (χ1n) is 5.63. The van der Waals surface area contributed by atoms with Gasteiger partial charge in [0.1, 0.15) is 11.6 Å². The number of rotatable bonds is 5. The van der Waals surface area contributed by atoms with E-state index in [0.717, 1.165) is 31.0 Å². The largest absolute Gasteiger partial charge is 0.494 e. The van der Waals surface area contributed by atoms with Crippen LogP contribution >= 0.6 is 12.2 Å². The minimum Gasteiger partial charge on any atom is -0.494 e. The third-order valence-corrected chi connectivity index (χ3v) is 2.51. The van der Waals surface area contributed by atoms with Crippen molar-refractivity contribution in [3.63, 3.8) is 0 Å². The molecule has 4 nitrogen and oxygen atoms in total. The summed E-state index contributed by atoms with van der Waals surface area (Å²) in [5.41, 5.74) is 1.17. The van der Waals surface area contributed by atoms with E-state index in [4.69, 9.17) is 17.0 Å². The van der Waals surface area contributed by atoms with Crippen molar-refractivity contribution in [2.75, 3.05) is 6.61 Å². The fourth-order valence-corrected chi connectivity index (χ4v) is 1.67. The summed E-state index contributed by atoms with van der Waals surface area (Å²) in [5.74, 6) is 1.75. The number of nitrogens with one attached hydrogen (secondary N) is 2. The van der Waals surface area contributed by atoms with Crippen molar-refractivity contribution in [1.82, 2.24) is 15.2 Å². The van der Waals surface area contributed by atoms with Crippen LogP contribution in [0.15, 0.2) is 24.3 Å². The van der Waals surface area contributed by atoms with Gasteiger partial charge < -0.3 is 4.74 Å². The normalized spacial score (nSPS) is 10.4. The van der Waals surface area contributed by atoms with Crippen LogP contribution in [0.1, 0.15) is 24.7 Å². The molecule has 2 aromatic rings. The molecule has 0 fully saturated rings. The Kier molecular flexibility index (Phi) is 3.93. The molecule has 2 N–H and O–H groups in total. The van der Waals surface area contributed by atoms with Crippen LogP contribution in [-0.4, -0.2) is 21.8 Å². The fraction of sp³-hybridized carbons (Fsp3) is 0.333. The van der Waals surface area contributed by atoms with Crippen molar-refractivity contribution in [3.8, 4) is 5.75 Å². The van der Waals surface area contributed by atoms with Crippen LogP contribution in [0.3, 0.4) is 0 Å². The monoisotopic (exact) mass is 249 g/mol. The van der Waals surface area contributed by atoms with Gasteiger partial charge in [0.15, 0.2) is 0 Å². The molecule has 0 spiro atoms. The van der Waals surface area contributed by atoms with Crippen molar-refractivity contribution in [2.45, 2.75) is 19.8 Å². The topological polar surface area (TPSA) is 53.7 Å². The zero-order valence-electron chi connectivity index (χ0n) is 9.69. The van der Waals surface area contributed by atoms with Gasteiger partial charge in [0.2, 0.25) is 4.77 Å². The van der Waals surface area contributed by atoms with Gasteiger partial charge in [-0.1, -0.05) is 19.1 Å². The number of nitrogens with zero attached hydrogens (tertiary/aromatic N) is 1. The van der Waals surface area contributed by atoms with Gasteiger partial charge in [-0.05, 0) is 36.3 Å². The molecule has 0 saturated heterocycles. The Morgan fingerprint density at radius 1 is 1.24 bits per heavy atom. The van der Waals surface area contributed by atoms with Gasteiger partial charge in [-0.25, -0.2) is 4.98 Å². The first-order valence-corrected chi connectivity index (χ1v) is 6.04. The molecule has 0 aliphatic heterocycles. The second-order valence-electron chi connectivity index (χ2n) is 3.78. The van der Waals surface area contributed by atoms with Gasteiger partial charge in [-0.3, -0.25) is 10.2 Å². The van der Waals surface area contributed by atoms with E-state index in [-0.39, 0.29) is 0 Å². The first-order chi connectivity index (χ1) is 8.28. The average Bonchev–Trinajstić information content (AvgIpc) is 2.74. The number of aromatic nitrogens is 3. The van der Waals surface area contributed by atoms with Crippen molar-refractivity contribution in [3.05, 3.63) is 40.4 Å². The lowest BCUT2D eigenvalue weighted by molar-refractivity contribution is 0.317. The highest BCUT2D eigenvalue weighted by Crippen LogP contribution is 2.14. The molecule has 1 aromatic carbocycles. The smallest absolute Gasteiger partial charge is 0.213 e. The molecule has 0 saturated carbocycles. The molecular formula is C12H15N3OS. The molecular weight excluding hydrogens is 234 g/mol. The van der Waals surface area contributed by atoms with Gasteiger partial charge in [0, 0.05) is 6.42 Å². The lowest BCUT2D eigenvalue weighted by Crippen LogP contribution is -1.95. The second-order valence-corrected chi connectivity index (χ2v) is 4.17. The van der Waals surface area contributed by atoms with E-state index in [0.29, 0.717) is 4.77 Å². The van der Waals surface area contributed by atoms with Gasteiger partial charge in [0.05, 0.1) is 6.61 Å². The average molecular weight is 249 g/mol. The van der Waals surface area contributed by atoms with Crippen LogP contribution < -0.4 is 4.74 Å². The third kappa shape index (κ3) is 3.42. The van der Waals surface area contributed by atoms with Crippen LogP contribution in [0, 0.1) is 4.77 Å². The Morgan fingerprint density at radius 3 is 2.59 bits per heavy atom. The molecule has 0 amide bonds. The molecule has 1 aromatic heterocycles. The lowest BCUT2D eigenvalue weighted by atomic mass is 10.1. The number of aromatic amines is 2. The van der Waals surface area contributed by atoms with E-state index in [9.17, 15) is 0 Å². The second kappa shape index (κ2) is 5.63. The molecule has 2 rings (SSSR count). The molecule has 0 radical (unpaired) electrons. The first kappa shape index (κ1) is 11.9. The standard InChI is InChI=1S/C12H15N3OS/c1-2-7-16-10-5-3-9(4-6-10)8-11-13-12(17)15-14-11/h3-6H,2,7-8H2,1H3,(H2,13,14,15,17). The van der Waals surface area contributed by atoms with Crippen molar-refractivity contribution >= 4 is 12.2 Å². The number of hydrogen-bond donors (Lipinski definition) is 2. The SMILES string of the molecule is CCCOc1ccc(Cc2nc(=S)[nH][nH]2)cc1. The molecule has 5 heteroatoms. The molecule has 1 heterocycles. The van der Waals surface area contributed by atoms with E-state index in [1.54, 1.807) is 0 Å². The minimum atomic E-state index is 0.489. The Hall–Kier alpha value is -1.62. The van der Waals surface area contributed by atoms with Crippen molar-refractivity contribution in [2.24, 2.45) is 0 Å². The highest BCUT2D eigenvalue weighted by molar-refractivity contribution is 7.71. The summed E-state index contributed by atoms with van der Waals surface area (Å²) >= 11 is 4.90. The van der Waals surface area contributed by atoms with Crippen molar-refractivity contribution in [1.29, 1.82) is 0 Å². The maximum absolute atomic E-state index is 5.52. The quantitative estimate of drug-likeness (QED) is 0.801. The van der Waals surface area contributed by atoms with Gasteiger partial charge in [0.25, 0.3) is 0 Å². The summed E-state index contributed by atoms with van der Waals surface area (Å²) in [6, 6.07) is 8.03. The summed E-state index contributed by atoms with van der Waals surface area (Å²) < 4.78 is 6.01. The Morgan fingerprint density at radius 2 is 2.00 bits per heavy atom. The summed E-state index contributed by atoms with van der Waals surface area (Å²) in [7, 11) is 0. The van der Waals surface area contributed by atoms with E-state index in [2.05, 4.69) is 22.1 Å². The van der Waals surface area contributed by atoms with Crippen molar-refractivity contribution < 1.29 is 4.74 Å². The maximum Gasteiger partial charge on any atom is 0.213 e. The van der Waals surface area contributed by atoms with Crippen LogP contribution in [0.2, 0.25) is 0 Å². The van der Waals surface area contributed by atoms with Gasteiger partial charge in [-0.2, -0.15) is 0 Å². The van der Waals surface area contributed by atoms with E-state index >= 15 is 0 Å². The Labute approximate surface area is 105 Å². The molecule has 0 unspecified atom stereocenters. The van der Waals surface area contributed by atoms with Crippen LogP contribution in [0.25, 0.3) is 0 Å². The Bertz CT molecular complexity index is 515. The van der Waals surface area contributed by atoms with Crippen LogP contribution in [-0.2, 0) is 6.42 Å². The number of hydrogen-bond acceptors (Lipinski definition) is 3. The van der Waals surface area contributed by atoms with Crippen LogP contribution in [0.5, 0.6) is 5.75 Å². The number of ether oxygens (including phenoxy) is 1. The number of benzene rings is 1. The van der Waals surface area contributed by atoms with Gasteiger partial charge >= 0.3 is 0 Å². The van der Waals surface area contributed by atoms with Gasteiger partial charge in [-0.15, -0.1) is 0 Å². The van der Waals surface area contributed by atoms with E-state index in [1.807, 2.05) is 24.3 Å². The highest BCUT2D eigenvalue weighted by Gasteiger charge is 2.00. The molecule has 90 valence electrons. The zero-order chi connectivity index (χ0) is 12.1. The minimum absolute atomic E-state index is 0.489. The molecule has 0 atom stereocenters. The molecule has 0 aliphatic rings. The summed E-state index contributed by atoms with van der Waals surface area (Å²) in [5, 5.41) is 5.71. The highest BCUT2D eigenvalue weighted by atomic mass is 32.1. The number of H-pyrrole nitrogens is 2. The maximum atomic E-state index is 5.52. The molecule has 17 heavy (non-hydrogen) atoms. The van der Waals surface area contributed by atoms with E-state index in [1.165, 1.54) is 5.56 Å². The van der Waals surface area contributed by atoms with E-state index < -0.39 is 0 Å². The lowest BCUT2D eigenvalue weighted by Gasteiger charge is -2.05.